The fraction of sp³-hybridized carbons (Fsp3) is 0.400. The lowest BCUT2D eigenvalue weighted by atomic mass is 10.2. The number of carbonyl (C=O) groups is 1. The molecule has 1 unspecified atom stereocenters. The maximum absolute atomic E-state index is 11.7. The molecule has 0 aliphatic carbocycles. The highest BCUT2D eigenvalue weighted by Gasteiger charge is 2.11. The van der Waals surface area contributed by atoms with E-state index >= 15 is 0 Å². The SMILES string of the molecule is CCC(C)NC(=O)CCc1nnc(-c2ccccc2)o1. The van der Waals surface area contributed by atoms with Crippen LogP contribution in [0.2, 0.25) is 0 Å². The summed E-state index contributed by atoms with van der Waals surface area (Å²) in [5.41, 5.74) is 0.885. The van der Waals surface area contributed by atoms with Crippen molar-refractivity contribution >= 4 is 5.91 Å². The van der Waals surface area contributed by atoms with Gasteiger partial charge in [0.1, 0.15) is 0 Å². The molecule has 5 heteroatoms. The number of benzene rings is 1. The predicted octanol–water partition coefficient (Wildman–Crippen LogP) is 2.58. The molecule has 1 aromatic heterocycles. The monoisotopic (exact) mass is 273 g/mol. The lowest BCUT2D eigenvalue weighted by molar-refractivity contribution is -0.121. The Balaban J connectivity index is 1.89. The first-order valence-electron chi connectivity index (χ1n) is 6.86. The number of aryl methyl sites for hydroxylation is 1. The Hall–Kier alpha value is -2.17. The highest BCUT2D eigenvalue weighted by atomic mass is 16.4. The second-order valence-corrected chi connectivity index (χ2v) is 4.74. The van der Waals surface area contributed by atoms with Crippen LogP contribution in [0, 0.1) is 0 Å². The van der Waals surface area contributed by atoms with Gasteiger partial charge >= 0.3 is 0 Å². The summed E-state index contributed by atoms with van der Waals surface area (Å²) < 4.78 is 5.55. The molecule has 0 radical (unpaired) electrons. The van der Waals surface area contributed by atoms with Gasteiger partial charge in [0.05, 0.1) is 0 Å². The molecule has 20 heavy (non-hydrogen) atoms. The van der Waals surface area contributed by atoms with Gasteiger partial charge in [-0.3, -0.25) is 4.79 Å². The normalized spacial score (nSPS) is 12.1. The Kier molecular flexibility index (Phi) is 4.87. The third kappa shape index (κ3) is 3.91. The topological polar surface area (TPSA) is 68.0 Å². The van der Waals surface area contributed by atoms with E-state index in [4.69, 9.17) is 4.42 Å². The molecule has 1 N–H and O–H groups in total. The summed E-state index contributed by atoms with van der Waals surface area (Å²) in [4.78, 5) is 11.7. The van der Waals surface area contributed by atoms with E-state index < -0.39 is 0 Å². The quantitative estimate of drug-likeness (QED) is 0.878. The van der Waals surface area contributed by atoms with Crippen molar-refractivity contribution in [1.82, 2.24) is 15.5 Å². The fourth-order valence-corrected chi connectivity index (χ4v) is 1.72. The maximum atomic E-state index is 11.7. The second-order valence-electron chi connectivity index (χ2n) is 4.74. The molecule has 0 aliphatic heterocycles. The van der Waals surface area contributed by atoms with Crippen LogP contribution in [0.25, 0.3) is 11.5 Å². The predicted molar refractivity (Wildman–Crippen MR) is 76.0 cm³/mol. The summed E-state index contributed by atoms with van der Waals surface area (Å²) in [5, 5.41) is 10.9. The van der Waals surface area contributed by atoms with Gasteiger partial charge in [0.2, 0.25) is 17.7 Å². The molecule has 5 nitrogen and oxygen atoms in total. The van der Waals surface area contributed by atoms with Gasteiger partial charge in [-0.1, -0.05) is 25.1 Å². The summed E-state index contributed by atoms with van der Waals surface area (Å²) in [6, 6.07) is 9.78. The number of carbonyl (C=O) groups excluding carboxylic acids is 1. The number of nitrogens with one attached hydrogen (secondary N) is 1. The fourth-order valence-electron chi connectivity index (χ4n) is 1.72. The smallest absolute Gasteiger partial charge is 0.247 e. The zero-order valence-corrected chi connectivity index (χ0v) is 11.8. The van der Waals surface area contributed by atoms with Crippen molar-refractivity contribution in [2.24, 2.45) is 0 Å². The van der Waals surface area contributed by atoms with E-state index in [0.29, 0.717) is 24.6 Å². The van der Waals surface area contributed by atoms with E-state index in [-0.39, 0.29) is 11.9 Å². The van der Waals surface area contributed by atoms with E-state index in [1.54, 1.807) is 0 Å². The Morgan fingerprint density at radius 3 is 2.75 bits per heavy atom. The zero-order chi connectivity index (χ0) is 14.4. The number of amides is 1. The van der Waals surface area contributed by atoms with Crippen LogP contribution in [0.1, 0.15) is 32.6 Å². The van der Waals surface area contributed by atoms with E-state index in [1.165, 1.54) is 0 Å². The molecular weight excluding hydrogens is 254 g/mol. The molecule has 1 heterocycles. The minimum absolute atomic E-state index is 0.0128. The highest BCUT2D eigenvalue weighted by molar-refractivity contribution is 5.76. The van der Waals surface area contributed by atoms with Gasteiger partial charge in [0.25, 0.3) is 0 Å². The van der Waals surface area contributed by atoms with Crippen molar-refractivity contribution in [3.8, 4) is 11.5 Å². The molecule has 1 aromatic carbocycles. The second kappa shape index (κ2) is 6.84. The molecule has 106 valence electrons. The van der Waals surface area contributed by atoms with E-state index in [9.17, 15) is 4.79 Å². The summed E-state index contributed by atoms with van der Waals surface area (Å²) in [5.74, 6) is 0.991. The third-order valence-corrected chi connectivity index (χ3v) is 3.07. The van der Waals surface area contributed by atoms with Crippen molar-refractivity contribution in [3.05, 3.63) is 36.2 Å². The summed E-state index contributed by atoms with van der Waals surface area (Å²) >= 11 is 0. The highest BCUT2D eigenvalue weighted by Crippen LogP contribution is 2.17. The first kappa shape index (κ1) is 14.2. The minimum atomic E-state index is 0.0128. The van der Waals surface area contributed by atoms with Crippen LogP contribution in [0.3, 0.4) is 0 Å². The Labute approximate surface area is 118 Å². The van der Waals surface area contributed by atoms with Gasteiger partial charge in [-0.2, -0.15) is 0 Å². The van der Waals surface area contributed by atoms with Gasteiger partial charge in [0.15, 0.2) is 0 Å². The molecule has 2 rings (SSSR count). The van der Waals surface area contributed by atoms with Crippen molar-refractivity contribution in [2.45, 2.75) is 39.2 Å². The van der Waals surface area contributed by atoms with E-state index in [1.807, 2.05) is 44.2 Å². The molecule has 0 saturated heterocycles. The number of hydrogen-bond acceptors (Lipinski definition) is 4. The van der Waals surface area contributed by atoms with Crippen LogP contribution in [0.5, 0.6) is 0 Å². The number of rotatable bonds is 6. The number of aromatic nitrogens is 2. The molecule has 0 saturated carbocycles. The van der Waals surface area contributed by atoms with Crippen molar-refractivity contribution in [2.75, 3.05) is 0 Å². The Bertz CT molecular complexity index is 551. The molecule has 1 atom stereocenters. The standard InChI is InChI=1S/C15H19N3O2/c1-3-11(2)16-13(19)9-10-14-17-18-15(20-14)12-7-5-4-6-8-12/h4-8,11H,3,9-10H2,1-2H3,(H,16,19). The molecule has 0 aliphatic rings. The third-order valence-electron chi connectivity index (χ3n) is 3.07. The van der Waals surface area contributed by atoms with E-state index in [0.717, 1.165) is 12.0 Å². The van der Waals surface area contributed by atoms with Gasteiger partial charge < -0.3 is 9.73 Å². The number of nitrogens with zero attached hydrogens (tertiary/aromatic N) is 2. The molecule has 0 bridgehead atoms. The molecule has 0 fully saturated rings. The zero-order valence-electron chi connectivity index (χ0n) is 11.8. The van der Waals surface area contributed by atoms with Crippen LogP contribution in [-0.2, 0) is 11.2 Å². The average Bonchev–Trinajstić information content (AvgIpc) is 2.95. The largest absolute Gasteiger partial charge is 0.421 e. The first-order valence-corrected chi connectivity index (χ1v) is 6.86. The van der Waals surface area contributed by atoms with Crippen molar-refractivity contribution in [3.63, 3.8) is 0 Å². The maximum Gasteiger partial charge on any atom is 0.247 e. The van der Waals surface area contributed by atoms with Gasteiger partial charge in [-0.15, -0.1) is 10.2 Å². The van der Waals surface area contributed by atoms with Crippen molar-refractivity contribution < 1.29 is 9.21 Å². The molecule has 1 amide bonds. The number of hydrogen-bond donors (Lipinski definition) is 1. The van der Waals surface area contributed by atoms with Crippen LogP contribution in [-0.4, -0.2) is 22.1 Å². The van der Waals surface area contributed by atoms with Gasteiger partial charge in [0, 0.05) is 24.4 Å². The van der Waals surface area contributed by atoms with Crippen LogP contribution in [0.4, 0.5) is 0 Å². The lowest BCUT2D eigenvalue weighted by Gasteiger charge is -2.10. The lowest BCUT2D eigenvalue weighted by Crippen LogP contribution is -2.32. The van der Waals surface area contributed by atoms with Gasteiger partial charge in [-0.25, -0.2) is 0 Å². The Morgan fingerprint density at radius 1 is 1.30 bits per heavy atom. The molecular formula is C15H19N3O2. The van der Waals surface area contributed by atoms with Crippen molar-refractivity contribution in [1.29, 1.82) is 0 Å². The van der Waals surface area contributed by atoms with E-state index in [2.05, 4.69) is 15.5 Å². The average molecular weight is 273 g/mol. The van der Waals surface area contributed by atoms with Crippen LogP contribution in [0.15, 0.2) is 34.7 Å². The molecule has 2 aromatic rings. The minimum Gasteiger partial charge on any atom is -0.421 e. The summed E-state index contributed by atoms with van der Waals surface area (Å²) in [6.07, 6.45) is 1.74. The first-order chi connectivity index (χ1) is 9.69. The van der Waals surface area contributed by atoms with Crippen LogP contribution < -0.4 is 5.32 Å². The summed E-state index contributed by atoms with van der Waals surface area (Å²) in [7, 11) is 0. The van der Waals surface area contributed by atoms with Crippen LogP contribution >= 0.6 is 0 Å². The summed E-state index contributed by atoms with van der Waals surface area (Å²) in [6.45, 7) is 4.02. The molecule has 0 spiro atoms. The van der Waals surface area contributed by atoms with Gasteiger partial charge in [-0.05, 0) is 25.5 Å². The Morgan fingerprint density at radius 2 is 2.05 bits per heavy atom.